The molecule has 0 aliphatic carbocycles. The first-order valence-corrected chi connectivity index (χ1v) is 33.4. The molecule has 11 rings (SSSR count). The minimum Gasteiger partial charge on any atom is -0.454 e. The third-order valence-electron chi connectivity index (χ3n) is 16.7. The van der Waals surface area contributed by atoms with E-state index in [1.54, 1.807) is 0 Å². The summed E-state index contributed by atoms with van der Waals surface area (Å²) in [6, 6.07) is 78.7. The molecular weight excluding hydrogens is 1220 g/mol. The summed E-state index contributed by atoms with van der Waals surface area (Å²) < 4.78 is 97.2. The van der Waals surface area contributed by atoms with Gasteiger partial charge < -0.3 is 66.3 Å². The van der Waals surface area contributed by atoms with Gasteiger partial charge in [0.05, 0.1) is 72.2 Å². The molecule has 8 aromatic carbocycles. The second-order valence-electron chi connectivity index (χ2n) is 23.8. The average Bonchev–Trinajstić information content (AvgIpc) is 0.787. The van der Waals surface area contributed by atoms with Gasteiger partial charge in [0, 0.05) is 24.7 Å². The third kappa shape index (κ3) is 20.3. The standard InChI is InChI=1S/C78H84O16S/c1-54-65(51-81-44-57-28-12-4-13-29-57)91-77(73(89-55(2)79)68(54)83-46-59-32-16-6-17-33-59)94-72-70(85-48-61-36-20-8-21-37-61)67(93-78(95-64-42-26-11-27-43-64)75(72)87-50-63-40-24-10-25-41-63)53-88-76-74(90-56(3)80)71(86-49-62-38-22-9-23-39-62)69(84-47-60-34-18-7-19-35-60)66(92-76)52-82-45-58-30-14-5-15-31-58/h4-43,54,65-78H,44-53H2,1-3H3/t54-,65?,66?,67?,68-,69-,70-,71-,72-,73?,74?,75?,76+,77-,78-/m0/s1. The summed E-state index contributed by atoms with van der Waals surface area (Å²) in [5.41, 5.74) is 5.60. The summed E-state index contributed by atoms with van der Waals surface area (Å²) in [6.45, 7) is 6.02. The number of thioether (sulfide) groups is 1. The van der Waals surface area contributed by atoms with Crippen molar-refractivity contribution >= 4 is 23.7 Å². The Kier molecular flexibility index (Phi) is 26.2. The van der Waals surface area contributed by atoms with E-state index in [1.807, 2.05) is 250 Å². The number of carbonyl (C=O) groups excluding carboxylic acids is 2. The lowest BCUT2D eigenvalue weighted by Gasteiger charge is -2.50. The quantitative estimate of drug-likeness (QED) is 0.0366. The van der Waals surface area contributed by atoms with E-state index in [2.05, 4.69) is 0 Å². The summed E-state index contributed by atoms with van der Waals surface area (Å²) in [7, 11) is 0. The van der Waals surface area contributed by atoms with E-state index in [9.17, 15) is 9.59 Å². The topological polar surface area (TPSA) is 163 Å². The zero-order valence-corrected chi connectivity index (χ0v) is 54.6. The van der Waals surface area contributed by atoms with Gasteiger partial charge in [0.25, 0.3) is 0 Å². The maximum Gasteiger partial charge on any atom is 0.303 e. The zero-order chi connectivity index (χ0) is 65.4. The molecule has 0 radical (unpaired) electrons. The van der Waals surface area contributed by atoms with Crippen LogP contribution in [0.1, 0.15) is 59.7 Å². The zero-order valence-electron chi connectivity index (χ0n) is 53.8. The molecule has 17 heteroatoms. The predicted molar refractivity (Wildman–Crippen MR) is 357 cm³/mol. The largest absolute Gasteiger partial charge is 0.454 e. The van der Waals surface area contributed by atoms with Gasteiger partial charge in [-0.25, -0.2) is 0 Å². The Bertz CT molecular complexity index is 3480. The lowest BCUT2D eigenvalue weighted by Crippen LogP contribution is -2.65. The van der Waals surface area contributed by atoms with Crippen LogP contribution in [0.2, 0.25) is 0 Å². The second-order valence-corrected chi connectivity index (χ2v) is 25.0. The number of esters is 2. The molecule has 6 unspecified atom stereocenters. The summed E-state index contributed by atoms with van der Waals surface area (Å²) in [5, 5.41) is 0. The van der Waals surface area contributed by atoms with Gasteiger partial charge in [0.2, 0.25) is 0 Å². The first-order valence-electron chi connectivity index (χ1n) is 32.5. The van der Waals surface area contributed by atoms with Crippen molar-refractivity contribution in [1.29, 1.82) is 0 Å². The Morgan fingerprint density at radius 2 is 0.653 bits per heavy atom. The van der Waals surface area contributed by atoms with Gasteiger partial charge in [-0.15, -0.1) is 0 Å². The molecule has 0 spiro atoms. The van der Waals surface area contributed by atoms with Crippen molar-refractivity contribution < 1.29 is 75.9 Å². The van der Waals surface area contributed by atoms with Crippen molar-refractivity contribution in [2.24, 2.45) is 5.92 Å². The molecule has 0 N–H and O–H groups in total. The second kappa shape index (κ2) is 36.1. The van der Waals surface area contributed by atoms with E-state index in [0.717, 1.165) is 43.8 Å². The van der Waals surface area contributed by atoms with Crippen LogP contribution in [-0.4, -0.2) is 117 Å². The molecule has 0 aromatic heterocycles. The fraction of sp³-hybridized carbons (Fsp3) is 0.359. The summed E-state index contributed by atoms with van der Waals surface area (Å²) in [6.07, 6.45) is -13.1. The van der Waals surface area contributed by atoms with E-state index in [0.29, 0.717) is 6.61 Å². The van der Waals surface area contributed by atoms with Crippen LogP contribution in [0, 0.1) is 5.92 Å². The number of carbonyl (C=O) groups is 2. The van der Waals surface area contributed by atoms with Crippen molar-refractivity contribution in [3.63, 3.8) is 0 Å². The van der Waals surface area contributed by atoms with Crippen LogP contribution in [0.5, 0.6) is 0 Å². The lowest BCUT2D eigenvalue weighted by atomic mass is 9.90. The molecule has 15 atom stereocenters. The van der Waals surface area contributed by atoms with Gasteiger partial charge in [0.1, 0.15) is 54.3 Å². The van der Waals surface area contributed by atoms with E-state index in [4.69, 9.17) is 66.3 Å². The van der Waals surface area contributed by atoms with Gasteiger partial charge >= 0.3 is 11.9 Å². The Morgan fingerprint density at radius 1 is 0.326 bits per heavy atom. The summed E-state index contributed by atoms with van der Waals surface area (Å²) in [4.78, 5) is 28.1. The van der Waals surface area contributed by atoms with E-state index in [-0.39, 0.29) is 65.4 Å². The van der Waals surface area contributed by atoms with Gasteiger partial charge in [-0.1, -0.05) is 249 Å². The van der Waals surface area contributed by atoms with Crippen molar-refractivity contribution in [1.82, 2.24) is 0 Å². The molecule has 3 saturated heterocycles. The van der Waals surface area contributed by atoms with Crippen molar-refractivity contribution in [2.75, 3.05) is 19.8 Å². The summed E-state index contributed by atoms with van der Waals surface area (Å²) >= 11 is 1.45. The predicted octanol–water partition coefficient (Wildman–Crippen LogP) is 13.2. The van der Waals surface area contributed by atoms with Gasteiger partial charge in [0.15, 0.2) is 24.8 Å². The van der Waals surface area contributed by atoms with Crippen LogP contribution >= 0.6 is 11.8 Å². The smallest absolute Gasteiger partial charge is 0.303 e. The van der Waals surface area contributed by atoms with E-state index < -0.39 is 97.1 Å². The Morgan fingerprint density at radius 3 is 1.07 bits per heavy atom. The molecule has 95 heavy (non-hydrogen) atoms. The van der Waals surface area contributed by atoms with Crippen LogP contribution in [0.4, 0.5) is 0 Å². The highest BCUT2D eigenvalue weighted by Crippen LogP contribution is 2.42. The third-order valence-corrected chi connectivity index (χ3v) is 17.9. The van der Waals surface area contributed by atoms with Crippen LogP contribution in [0.15, 0.2) is 248 Å². The maximum atomic E-state index is 13.6. The molecule has 0 saturated carbocycles. The van der Waals surface area contributed by atoms with Crippen LogP contribution in [0.25, 0.3) is 0 Å². The van der Waals surface area contributed by atoms with Crippen LogP contribution in [0.3, 0.4) is 0 Å². The molecule has 3 aliphatic rings. The fourth-order valence-electron chi connectivity index (χ4n) is 11.9. The fourth-order valence-corrected chi connectivity index (χ4v) is 13.1. The summed E-state index contributed by atoms with van der Waals surface area (Å²) in [5.74, 6) is -1.54. The van der Waals surface area contributed by atoms with E-state index >= 15 is 0 Å². The molecule has 0 amide bonds. The number of benzene rings is 8. The average molecular weight is 1310 g/mol. The van der Waals surface area contributed by atoms with Crippen LogP contribution in [-0.2, 0) is 122 Å². The van der Waals surface area contributed by atoms with E-state index in [1.165, 1.54) is 25.6 Å². The minimum atomic E-state index is -1.30. The molecule has 498 valence electrons. The Hall–Kier alpha value is -7.43. The monoisotopic (exact) mass is 1310 g/mol. The highest BCUT2D eigenvalue weighted by atomic mass is 32.2. The normalized spacial score (nSPS) is 25.9. The molecule has 3 heterocycles. The minimum absolute atomic E-state index is 0.0406. The highest BCUT2D eigenvalue weighted by molar-refractivity contribution is 7.99. The van der Waals surface area contributed by atoms with Gasteiger partial charge in [-0.2, -0.15) is 0 Å². The van der Waals surface area contributed by atoms with Crippen molar-refractivity contribution in [3.05, 3.63) is 282 Å². The molecule has 8 aromatic rings. The first-order chi connectivity index (χ1) is 46.7. The van der Waals surface area contributed by atoms with Crippen molar-refractivity contribution in [2.45, 2.75) is 157 Å². The number of ether oxygens (including phenoxy) is 14. The number of hydrogen-bond donors (Lipinski definition) is 0. The first kappa shape index (κ1) is 68.9. The Labute approximate surface area is 561 Å². The molecule has 3 fully saturated rings. The van der Waals surface area contributed by atoms with Gasteiger partial charge in [-0.3, -0.25) is 9.59 Å². The maximum absolute atomic E-state index is 13.6. The highest BCUT2D eigenvalue weighted by Gasteiger charge is 2.56. The number of rotatable bonds is 32. The van der Waals surface area contributed by atoms with Crippen LogP contribution < -0.4 is 0 Å². The number of hydrogen-bond acceptors (Lipinski definition) is 17. The molecule has 0 bridgehead atoms. The molecule has 3 aliphatic heterocycles. The lowest BCUT2D eigenvalue weighted by molar-refractivity contribution is -0.351. The molecular formula is C78H84O16S. The SMILES string of the molecule is CC(=O)OC1[C@H](O[C@@H]2C(OCc3ccccc3)[C@H](Sc3ccccc3)OC(CO[C@@H]3OC(COCc4ccccc4)[C@H](OCc4ccccc4)[C@H](OCc4ccccc4)C3OC(C)=O)[C@@H]2OCc2ccccc2)OC(COCc2ccccc2)[C@H](C)[C@@H]1OCc1ccccc1. The molecule has 16 nitrogen and oxygen atoms in total. The van der Waals surface area contributed by atoms with Gasteiger partial charge in [-0.05, 0) is 51.1 Å². The Balaban J connectivity index is 0.987. The van der Waals surface area contributed by atoms with Crippen molar-refractivity contribution in [3.8, 4) is 0 Å².